The number of ether oxygens (including phenoxy) is 1. The van der Waals surface area contributed by atoms with Crippen LogP contribution in [0.4, 0.5) is 5.69 Å². The van der Waals surface area contributed by atoms with Crippen LogP contribution in [0, 0.1) is 10.5 Å². The van der Waals surface area contributed by atoms with Crippen LogP contribution in [0.1, 0.15) is 30.9 Å². The molecular weight excluding hydrogens is 389 g/mol. The van der Waals surface area contributed by atoms with Crippen molar-refractivity contribution in [3.05, 3.63) is 57.2 Å². The molecule has 0 unspecified atom stereocenters. The molecule has 1 N–H and O–H groups in total. The monoisotopic (exact) mass is 409 g/mol. The van der Waals surface area contributed by atoms with Crippen LogP contribution in [-0.4, -0.2) is 12.5 Å². The van der Waals surface area contributed by atoms with Gasteiger partial charge >= 0.3 is 0 Å². The predicted octanol–water partition coefficient (Wildman–Crippen LogP) is 4.74. The maximum atomic E-state index is 12.0. The summed E-state index contributed by atoms with van der Waals surface area (Å²) in [4.78, 5) is 12.0. The highest BCUT2D eigenvalue weighted by atomic mass is 127. The third-order valence-electron chi connectivity index (χ3n) is 3.38. The van der Waals surface area contributed by atoms with E-state index in [1.54, 1.807) is 0 Å². The van der Waals surface area contributed by atoms with Crippen LogP contribution in [0.3, 0.4) is 0 Å². The van der Waals surface area contributed by atoms with Crippen molar-refractivity contribution in [2.45, 2.75) is 26.7 Å². The van der Waals surface area contributed by atoms with Crippen molar-refractivity contribution in [2.75, 3.05) is 11.9 Å². The van der Waals surface area contributed by atoms with Crippen LogP contribution in [-0.2, 0) is 4.79 Å². The molecule has 4 heteroatoms. The molecule has 0 atom stereocenters. The number of carbonyl (C=O) groups excluding carboxylic acids is 1. The SMILES string of the molecule is Cc1cc(OCC(=O)Nc2ccccc2I)ccc1C(C)C. The van der Waals surface area contributed by atoms with E-state index in [9.17, 15) is 4.79 Å². The maximum absolute atomic E-state index is 12.0. The summed E-state index contributed by atoms with van der Waals surface area (Å²) in [6.45, 7) is 6.40. The Kier molecular flexibility index (Phi) is 5.83. The number of hydrogen-bond acceptors (Lipinski definition) is 2. The first kappa shape index (κ1) is 16.8. The van der Waals surface area contributed by atoms with E-state index in [0.717, 1.165) is 15.0 Å². The van der Waals surface area contributed by atoms with Crippen LogP contribution in [0.25, 0.3) is 0 Å². The molecule has 0 aromatic heterocycles. The summed E-state index contributed by atoms with van der Waals surface area (Å²) in [7, 11) is 0. The maximum Gasteiger partial charge on any atom is 0.262 e. The van der Waals surface area contributed by atoms with Crippen LogP contribution in [0.5, 0.6) is 5.75 Å². The molecule has 0 fully saturated rings. The van der Waals surface area contributed by atoms with Gasteiger partial charge in [-0.05, 0) is 70.8 Å². The lowest BCUT2D eigenvalue weighted by atomic mass is 9.98. The van der Waals surface area contributed by atoms with Crippen molar-refractivity contribution in [1.29, 1.82) is 0 Å². The number of anilines is 1. The zero-order chi connectivity index (χ0) is 16.1. The number of benzene rings is 2. The number of aryl methyl sites for hydroxylation is 1. The molecule has 0 spiro atoms. The second-order valence-corrected chi connectivity index (χ2v) is 6.65. The average molecular weight is 409 g/mol. The van der Waals surface area contributed by atoms with Gasteiger partial charge in [0.15, 0.2) is 6.61 Å². The molecule has 2 aromatic rings. The largest absolute Gasteiger partial charge is 0.484 e. The van der Waals surface area contributed by atoms with Crippen molar-refractivity contribution >= 4 is 34.2 Å². The molecule has 0 aliphatic carbocycles. The van der Waals surface area contributed by atoms with Gasteiger partial charge in [-0.25, -0.2) is 0 Å². The van der Waals surface area contributed by atoms with Gasteiger partial charge in [0.25, 0.3) is 5.91 Å². The van der Waals surface area contributed by atoms with Crippen LogP contribution in [0.2, 0.25) is 0 Å². The Bertz CT molecular complexity index is 668. The number of hydrogen-bond donors (Lipinski definition) is 1. The van der Waals surface area contributed by atoms with Crippen molar-refractivity contribution in [2.24, 2.45) is 0 Å². The van der Waals surface area contributed by atoms with Gasteiger partial charge < -0.3 is 10.1 Å². The summed E-state index contributed by atoms with van der Waals surface area (Å²) in [5.41, 5.74) is 3.30. The fourth-order valence-corrected chi connectivity index (χ4v) is 2.81. The van der Waals surface area contributed by atoms with Gasteiger partial charge in [-0.15, -0.1) is 0 Å². The first-order valence-electron chi connectivity index (χ1n) is 7.25. The minimum atomic E-state index is -0.158. The molecule has 0 saturated carbocycles. The van der Waals surface area contributed by atoms with Gasteiger partial charge in [0.1, 0.15) is 5.75 Å². The zero-order valence-corrected chi connectivity index (χ0v) is 15.2. The van der Waals surface area contributed by atoms with Crippen molar-refractivity contribution in [3.8, 4) is 5.75 Å². The molecule has 2 aromatic carbocycles. The van der Waals surface area contributed by atoms with E-state index in [1.807, 2.05) is 36.4 Å². The number of halogens is 1. The molecule has 0 aliphatic heterocycles. The van der Waals surface area contributed by atoms with Crippen molar-refractivity contribution < 1.29 is 9.53 Å². The lowest BCUT2D eigenvalue weighted by molar-refractivity contribution is -0.118. The van der Waals surface area contributed by atoms with E-state index in [1.165, 1.54) is 11.1 Å². The topological polar surface area (TPSA) is 38.3 Å². The van der Waals surface area contributed by atoms with E-state index >= 15 is 0 Å². The summed E-state index contributed by atoms with van der Waals surface area (Å²) in [6.07, 6.45) is 0. The summed E-state index contributed by atoms with van der Waals surface area (Å²) >= 11 is 2.19. The minimum absolute atomic E-state index is 0.00540. The molecule has 22 heavy (non-hydrogen) atoms. The Labute approximate surface area is 145 Å². The first-order valence-corrected chi connectivity index (χ1v) is 8.33. The van der Waals surface area contributed by atoms with Crippen molar-refractivity contribution in [3.63, 3.8) is 0 Å². The molecule has 116 valence electrons. The van der Waals surface area contributed by atoms with Gasteiger partial charge in [-0.1, -0.05) is 32.0 Å². The molecule has 3 nitrogen and oxygen atoms in total. The molecule has 0 aliphatic rings. The van der Waals surface area contributed by atoms with Gasteiger partial charge in [0.2, 0.25) is 0 Å². The Morgan fingerprint density at radius 1 is 1.23 bits per heavy atom. The summed E-state index contributed by atoms with van der Waals surface area (Å²) in [6, 6.07) is 13.6. The van der Waals surface area contributed by atoms with E-state index in [4.69, 9.17) is 4.74 Å². The average Bonchev–Trinajstić information content (AvgIpc) is 2.47. The Hall–Kier alpha value is -1.56. The number of carbonyl (C=O) groups is 1. The smallest absolute Gasteiger partial charge is 0.262 e. The lowest BCUT2D eigenvalue weighted by Gasteiger charge is -2.12. The Morgan fingerprint density at radius 3 is 2.59 bits per heavy atom. The minimum Gasteiger partial charge on any atom is -0.484 e. The van der Waals surface area contributed by atoms with Crippen LogP contribution < -0.4 is 10.1 Å². The molecule has 0 bridgehead atoms. The summed E-state index contributed by atoms with van der Waals surface area (Å²) in [5, 5.41) is 2.85. The van der Waals surface area contributed by atoms with Gasteiger partial charge in [0, 0.05) is 3.57 Å². The normalized spacial score (nSPS) is 10.6. The second-order valence-electron chi connectivity index (χ2n) is 5.49. The Balaban J connectivity index is 1.94. The number of nitrogens with one attached hydrogen (secondary N) is 1. The highest BCUT2D eigenvalue weighted by molar-refractivity contribution is 14.1. The third kappa shape index (κ3) is 4.47. The number of rotatable bonds is 5. The van der Waals surface area contributed by atoms with Gasteiger partial charge in [0.05, 0.1) is 5.69 Å². The number of amides is 1. The standard InChI is InChI=1S/C18H20INO2/c1-12(2)15-9-8-14(10-13(15)3)22-11-18(21)20-17-7-5-4-6-16(17)19/h4-10,12H,11H2,1-3H3,(H,20,21). The van der Waals surface area contributed by atoms with E-state index < -0.39 is 0 Å². The molecule has 0 saturated heterocycles. The fourth-order valence-electron chi connectivity index (χ4n) is 2.28. The van der Waals surface area contributed by atoms with Crippen LogP contribution >= 0.6 is 22.6 Å². The highest BCUT2D eigenvalue weighted by Crippen LogP contribution is 2.23. The predicted molar refractivity (Wildman–Crippen MR) is 98.6 cm³/mol. The van der Waals surface area contributed by atoms with Gasteiger partial charge in [-0.3, -0.25) is 4.79 Å². The lowest BCUT2D eigenvalue weighted by Crippen LogP contribution is -2.20. The zero-order valence-electron chi connectivity index (χ0n) is 13.0. The first-order chi connectivity index (χ1) is 10.5. The quantitative estimate of drug-likeness (QED) is 0.725. The fraction of sp³-hybridized carbons (Fsp3) is 0.278. The molecule has 0 radical (unpaired) electrons. The second kappa shape index (κ2) is 7.63. The van der Waals surface area contributed by atoms with E-state index in [0.29, 0.717) is 5.92 Å². The molecule has 1 amide bonds. The highest BCUT2D eigenvalue weighted by Gasteiger charge is 2.08. The summed E-state index contributed by atoms with van der Waals surface area (Å²) < 4.78 is 6.59. The van der Waals surface area contributed by atoms with Crippen molar-refractivity contribution in [1.82, 2.24) is 0 Å². The molecular formula is C18H20INO2. The van der Waals surface area contributed by atoms with E-state index in [2.05, 4.69) is 54.7 Å². The Morgan fingerprint density at radius 2 is 1.95 bits per heavy atom. The van der Waals surface area contributed by atoms with Gasteiger partial charge in [-0.2, -0.15) is 0 Å². The molecule has 0 heterocycles. The number of para-hydroxylation sites is 1. The van der Waals surface area contributed by atoms with E-state index in [-0.39, 0.29) is 12.5 Å². The summed E-state index contributed by atoms with van der Waals surface area (Å²) in [5.74, 6) is 1.05. The molecule has 2 rings (SSSR count). The third-order valence-corrected chi connectivity index (χ3v) is 4.32. The van der Waals surface area contributed by atoms with Crippen LogP contribution in [0.15, 0.2) is 42.5 Å².